The SMILES string of the molecule is CCCCCCCCCCc1ccc2c(c1CCCCCCCCCC)-c1ccccc1-2. The first kappa shape index (κ1) is 25.1. The fourth-order valence-corrected chi connectivity index (χ4v) is 5.50. The van der Waals surface area contributed by atoms with Gasteiger partial charge in [-0.05, 0) is 59.1 Å². The lowest BCUT2D eigenvalue weighted by atomic mass is 9.75. The van der Waals surface area contributed by atoms with Gasteiger partial charge in [-0.2, -0.15) is 0 Å². The van der Waals surface area contributed by atoms with E-state index in [0.717, 1.165) is 0 Å². The molecule has 2 aromatic carbocycles. The van der Waals surface area contributed by atoms with Crippen LogP contribution in [0.3, 0.4) is 0 Å². The summed E-state index contributed by atoms with van der Waals surface area (Å²) in [6.45, 7) is 4.61. The lowest BCUT2D eigenvalue weighted by Gasteiger charge is -2.29. The molecule has 1 aliphatic carbocycles. The van der Waals surface area contributed by atoms with Crippen molar-refractivity contribution in [3.63, 3.8) is 0 Å². The highest BCUT2D eigenvalue weighted by Crippen LogP contribution is 2.50. The molecule has 0 amide bonds. The summed E-state index contributed by atoms with van der Waals surface area (Å²) in [4.78, 5) is 0. The van der Waals surface area contributed by atoms with E-state index in [0.29, 0.717) is 0 Å². The average molecular weight is 433 g/mol. The Bertz CT molecular complexity index is 785. The minimum Gasteiger partial charge on any atom is -0.0654 e. The summed E-state index contributed by atoms with van der Waals surface area (Å²) in [5.74, 6) is 0. The maximum atomic E-state index is 2.47. The van der Waals surface area contributed by atoms with E-state index in [4.69, 9.17) is 0 Å². The molecule has 0 atom stereocenters. The summed E-state index contributed by atoms with van der Waals surface area (Å²) in [7, 11) is 0. The minimum absolute atomic E-state index is 1.27. The largest absolute Gasteiger partial charge is 0.0654 e. The average Bonchev–Trinajstić information content (AvgIpc) is 2.81. The van der Waals surface area contributed by atoms with E-state index in [1.54, 1.807) is 16.7 Å². The van der Waals surface area contributed by atoms with Gasteiger partial charge >= 0.3 is 0 Å². The van der Waals surface area contributed by atoms with Gasteiger partial charge in [0.1, 0.15) is 0 Å². The second-order valence-electron chi connectivity index (χ2n) is 10.1. The Morgan fingerprint density at radius 2 is 0.938 bits per heavy atom. The minimum atomic E-state index is 1.27. The van der Waals surface area contributed by atoms with E-state index in [1.807, 2.05) is 0 Å². The highest BCUT2D eigenvalue weighted by Gasteiger charge is 2.25. The summed E-state index contributed by atoms with van der Waals surface area (Å²) in [6.07, 6.45) is 25.0. The van der Waals surface area contributed by atoms with Gasteiger partial charge in [-0.25, -0.2) is 0 Å². The van der Waals surface area contributed by atoms with Crippen LogP contribution in [0, 0.1) is 0 Å². The molecule has 0 N–H and O–H groups in total. The molecule has 0 aromatic heterocycles. The van der Waals surface area contributed by atoms with Gasteiger partial charge in [0.25, 0.3) is 0 Å². The first-order valence-electron chi connectivity index (χ1n) is 14.1. The topological polar surface area (TPSA) is 0 Å². The summed E-state index contributed by atoms with van der Waals surface area (Å²) in [6, 6.07) is 13.9. The number of unbranched alkanes of at least 4 members (excludes halogenated alkanes) is 14. The van der Waals surface area contributed by atoms with Gasteiger partial charge < -0.3 is 0 Å². The molecule has 0 nitrogen and oxygen atoms in total. The van der Waals surface area contributed by atoms with Crippen LogP contribution >= 0.6 is 0 Å². The summed E-state index contributed by atoms with van der Waals surface area (Å²) < 4.78 is 0. The van der Waals surface area contributed by atoms with Crippen molar-refractivity contribution < 1.29 is 0 Å². The van der Waals surface area contributed by atoms with Crippen molar-refractivity contribution in [2.45, 2.75) is 129 Å². The summed E-state index contributed by atoms with van der Waals surface area (Å²) in [5.41, 5.74) is 9.42. The van der Waals surface area contributed by atoms with Gasteiger partial charge in [-0.1, -0.05) is 140 Å². The lowest BCUT2D eigenvalue weighted by Crippen LogP contribution is -2.07. The molecule has 0 heteroatoms. The van der Waals surface area contributed by atoms with E-state index in [2.05, 4.69) is 50.2 Å². The maximum Gasteiger partial charge on any atom is -0.00641 e. The van der Waals surface area contributed by atoms with E-state index in [-0.39, 0.29) is 0 Å². The van der Waals surface area contributed by atoms with Crippen LogP contribution in [0.5, 0.6) is 0 Å². The molecule has 176 valence electrons. The van der Waals surface area contributed by atoms with Crippen molar-refractivity contribution in [3.05, 3.63) is 47.5 Å². The molecule has 32 heavy (non-hydrogen) atoms. The Balaban J connectivity index is 1.50. The molecule has 0 heterocycles. The molecule has 0 fully saturated rings. The predicted molar refractivity (Wildman–Crippen MR) is 143 cm³/mol. The number of fused-ring (bicyclic) bond motifs is 4. The molecule has 1 aliphatic rings. The molecule has 3 rings (SSSR count). The number of hydrogen-bond donors (Lipinski definition) is 0. The van der Waals surface area contributed by atoms with E-state index < -0.39 is 0 Å². The molecule has 2 aromatic rings. The van der Waals surface area contributed by atoms with Crippen LogP contribution in [0.1, 0.15) is 128 Å². The monoisotopic (exact) mass is 432 g/mol. The molecule has 0 spiro atoms. The van der Waals surface area contributed by atoms with Crippen LogP contribution < -0.4 is 0 Å². The van der Waals surface area contributed by atoms with E-state index in [1.165, 1.54) is 132 Å². The number of hydrogen-bond acceptors (Lipinski definition) is 0. The van der Waals surface area contributed by atoms with Gasteiger partial charge in [-0.3, -0.25) is 0 Å². The van der Waals surface area contributed by atoms with Crippen molar-refractivity contribution in [1.82, 2.24) is 0 Å². The Kier molecular flexibility index (Phi) is 11.4. The lowest BCUT2D eigenvalue weighted by molar-refractivity contribution is 0.571. The van der Waals surface area contributed by atoms with Crippen molar-refractivity contribution >= 4 is 0 Å². The second kappa shape index (κ2) is 14.6. The fourth-order valence-electron chi connectivity index (χ4n) is 5.50. The molecule has 0 saturated heterocycles. The third-order valence-corrected chi connectivity index (χ3v) is 7.48. The molecule has 0 saturated carbocycles. The Labute approximate surface area is 199 Å². The van der Waals surface area contributed by atoms with Crippen LogP contribution in [-0.2, 0) is 12.8 Å². The van der Waals surface area contributed by atoms with Crippen molar-refractivity contribution in [2.24, 2.45) is 0 Å². The van der Waals surface area contributed by atoms with Crippen molar-refractivity contribution in [1.29, 1.82) is 0 Å². The summed E-state index contributed by atoms with van der Waals surface area (Å²) in [5, 5.41) is 0. The molecule has 0 radical (unpaired) electrons. The first-order chi connectivity index (χ1) is 15.9. The second-order valence-corrected chi connectivity index (χ2v) is 10.1. The van der Waals surface area contributed by atoms with Crippen molar-refractivity contribution in [2.75, 3.05) is 0 Å². The molecular weight excluding hydrogens is 384 g/mol. The number of aryl methyl sites for hydroxylation is 1. The Morgan fingerprint density at radius 3 is 1.53 bits per heavy atom. The molecule has 0 aliphatic heterocycles. The zero-order chi connectivity index (χ0) is 22.4. The Hall–Kier alpha value is -1.56. The Morgan fingerprint density at radius 1 is 0.438 bits per heavy atom. The van der Waals surface area contributed by atoms with Gasteiger partial charge in [0.15, 0.2) is 0 Å². The van der Waals surface area contributed by atoms with Gasteiger partial charge in [0.05, 0.1) is 0 Å². The van der Waals surface area contributed by atoms with Crippen LogP contribution in [-0.4, -0.2) is 0 Å². The smallest absolute Gasteiger partial charge is 0.00641 e. The van der Waals surface area contributed by atoms with Crippen molar-refractivity contribution in [3.8, 4) is 22.3 Å². The van der Waals surface area contributed by atoms with Gasteiger partial charge in [0, 0.05) is 0 Å². The molecular formula is C32H48. The third kappa shape index (κ3) is 7.23. The van der Waals surface area contributed by atoms with Crippen LogP contribution in [0.15, 0.2) is 36.4 Å². The maximum absolute atomic E-state index is 2.47. The zero-order valence-corrected chi connectivity index (χ0v) is 21.2. The van der Waals surface area contributed by atoms with Crippen LogP contribution in [0.4, 0.5) is 0 Å². The van der Waals surface area contributed by atoms with Crippen LogP contribution in [0.25, 0.3) is 22.3 Å². The zero-order valence-electron chi connectivity index (χ0n) is 21.2. The standard InChI is InChI=1S/C32H48/c1-3-5-7-9-11-13-15-17-21-27-25-26-31-29-23-19-20-24-30(29)32(31)28(27)22-18-16-14-12-10-8-6-4-2/h19-20,23-26H,3-18,21-22H2,1-2H3. The number of benzene rings is 2. The van der Waals surface area contributed by atoms with E-state index in [9.17, 15) is 0 Å². The van der Waals surface area contributed by atoms with Crippen LogP contribution in [0.2, 0.25) is 0 Å². The van der Waals surface area contributed by atoms with E-state index >= 15 is 0 Å². The molecule has 0 unspecified atom stereocenters. The molecule has 0 bridgehead atoms. The van der Waals surface area contributed by atoms with Gasteiger partial charge in [0.2, 0.25) is 0 Å². The third-order valence-electron chi connectivity index (χ3n) is 7.48. The summed E-state index contributed by atoms with van der Waals surface area (Å²) >= 11 is 0. The quantitative estimate of drug-likeness (QED) is 0.175. The first-order valence-corrected chi connectivity index (χ1v) is 14.1. The van der Waals surface area contributed by atoms with Gasteiger partial charge in [-0.15, -0.1) is 0 Å². The normalized spacial score (nSPS) is 11.8. The number of rotatable bonds is 18. The fraction of sp³-hybridized carbons (Fsp3) is 0.625. The predicted octanol–water partition coefficient (Wildman–Crippen LogP) is 10.7. The highest BCUT2D eigenvalue weighted by molar-refractivity contribution is 6.04. The highest BCUT2D eigenvalue weighted by atomic mass is 14.3.